The third-order valence-corrected chi connectivity index (χ3v) is 6.87. The summed E-state index contributed by atoms with van der Waals surface area (Å²) < 4.78 is 25.8. The second kappa shape index (κ2) is 4.85. The van der Waals surface area contributed by atoms with Crippen LogP contribution in [0.3, 0.4) is 0 Å². The average molecular weight is 284 g/mol. The summed E-state index contributed by atoms with van der Waals surface area (Å²) in [6, 6.07) is 5.25. The number of nitrogen functional groups attached to an aromatic ring is 1. The third-order valence-electron chi connectivity index (χ3n) is 2.99. The number of thiazole rings is 1. The van der Waals surface area contributed by atoms with Crippen molar-refractivity contribution in [2.75, 3.05) is 5.73 Å². The van der Waals surface area contributed by atoms with E-state index in [2.05, 4.69) is 4.98 Å². The van der Waals surface area contributed by atoms with Crippen molar-refractivity contribution >= 4 is 37.1 Å². The quantitative estimate of drug-likeness (QED) is 0.876. The lowest BCUT2D eigenvalue weighted by Gasteiger charge is -2.10. The van der Waals surface area contributed by atoms with Gasteiger partial charge in [-0.05, 0) is 31.0 Å². The molecule has 0 unspecified atom stereocenters. The molecule has 0 aliphatic carbocycles. The Balaban J connectivity index is 2.54. The monoisotopic (exact) mass is 284 g/mol. The number of benzene rings is 1. The number of anilines is 1. The third kappa shape index (κ3) is 2.22. The Kier molecular flexibility index (Phi) is 3.59. The van der Waals surface area contributed by atoms with Crippen LogP contribution in [0.5, 0.6) is 0 Å². The van der Waals surface area contributed by atoms with Gasteiger partial charge >= 0.3 is 0 Å². The molecule has 0 saturated carbocycles. The molecule has 1 aromatic heterocycles. The number of hydrogen-bond donors (Lipinski definition) is 1. The summed E-state index contributed by atoms with van der Waals surface area (Å²) in [6.07, 6.45) is 1.22. The van der Waals surface area contributed by atoms with Gasteiger partial charge in [-0.25, -0.2) is 13.4 Å². The SMILES string of the molecule is CCC(CC)S(=O)(=O)c1nc2ccc(N)cc2s1. The summed E-state index contributed by atoms with van der Waals surface area (Å²) in [5, 5.41) is -0.351. The number of hydrogen-bond acceptors (Lipinski definition) is 5. The first-order valence-electron chi connectivity index (χ1n) is 5.89. The van der Waals surface area contributed by atoms with Gasteiger partial charge in [-0.3, -0.25) is 0 Å². The van der Waals surface area contributed by atoms with Crippen LogP contribution in [0.1, 0.15) is 26.7 Å². The van der Waals surface area contributed by atoms with Gasteiger partial charge in [0.1, 0.15) is 0 Å². The topological polar surface area (TPSA) is 73.0 Å². The van der Waals surface area contributed by atoms with Crippen molar-refractivity contribution in [1.82, 2.24) is 4.98 Å². The van der Waals surface area contributed by atoms with E-state index in [4.69, 9.17) is 5.73 Å². The van der Waals surface area contributed by atoms with Crippen LogP contribution in [0, 0.1) is 0 Å². The molecular weight excluding hydrogens is 268 g/mol. The number of fused-ring (bicyclic) bond motifs is 1. The van der Waals surface area contributed by atoms with Gasteiger partial charge in [0, 0.05) is 5.69 Å². The molecule has 0 aliphatic heterocycles. The zero-order chi connectivity index (χ0) is 13.3. The van der Waals surface area contributed by atoms with Crippen LogP contribution >= 0.6 is 11.3 Å². The van der Waals surface area contributed by atoms with Gasteiger partial charge in [0.15, 0.2) is 0 Å². The van der Waals surface area contributed by atoms with Crippen LogP contribution in [-0.4, -0.2) is 18.7 Å². The summed E-state index contributed by atoms with van der Waals surface area (Å²) in [5.41, 5.74) is 7.00. The van der Waals surface area contributed by atoms with Crippen molar-refractivity contribution in [3.8, 4) is 0 Å². The summed E-state index contributed by atoms with van der Waals surface area (Å²) >= 11 is 1.20. The zero-order valence-corrected chi connectivity index (χ0v) is 12.0. The van der Waals surface area contributed by atoms with Crippen LogP contribution in [0.25, 0.3) is 10.2 Å². The Morgan fingerprint density at radius 2 is 2.00 bits per heavy atom. The lowest BCUT2D eigenvalue weighted by atomic mass is 10.3. The fraction of sp³-hybridized carbons (Fsp3) is 0.417. The predicted molar refractivity (Wildman–Crippen MR) is 75.6 cm³/mol. The maximum atomic E-state index is 12.4. The normalized spacial score (nSPS) is 12.4. The van der Waals surface area contributed by atoms with Crippen molar-refractivity contribution in [2.45, 2.75) is 36.3 Å². The molecule has 2 N–H and O–H groups in total. The molecule has 0 aliphatic rings. The van der Waals surface area contributed by atoms with Gasteiger partial charge in [0.05, 0.1) is 15.5 Å². The fourth-order valence-corrected chi connectivity index (χ4v) is 5.19. The summed E-state index contributed by atoms with van der Waals surface area (Å²) in [5.74, 6) is 0. The fourth-order valence-electron chi connectivity index (χ4n) is 1.91. The van der Waals surface area contributed by atoms with E-state index in [1.54, 1.807) is 18.2 Å². The van der Waals surface area contributed by atoms with E-state index in [0.717, 1.165) is 4.70 Å². The smallest absolute Gasteiger partial charge is 0.210 e. The summed E-state index contributed by atoms with van der Waals surface area (Å²) in [4.78, 5) is 4.22. The lowest BCUT2D eigenvalue weighted by molar-refractivity contribution is 0.571. The second-order valence-corrected chi connectivity index (χ2v) is 7.62. The molecule has 0 amide bonds. The van der Waals surface area contributed by atoms with E-state index in [1.807, 2.05) is 13.8 Å². The second-order valence-electron chi connectivity index (χ2n) is 4.19. The molecule has 6 heteroatoms. The molecule has 0 atom stereocenters. The molecule has 18 heavy (non-hydrogen) atoms. The zero-order valence-electron chi connectivity index (χ0n) is 10.4. The molecule has 0 radical (unpaired) electrons. The van der Waals surface area contributed by atoms with E-state index in [0.29, 0.717) is 24.0 Å². The first kappa shape index (κ1) is 13.3. The first-order chi connectivity index (χ1) is 8.48. The van der Waals surface area contributed by atoms with Gasteiger partial charge in [-0.15, -0.1) is 11.3 Å². The number of rotatable bonds is 4. The molecular formula is C12H16N2O2S2. The number of nitrogens with two attached hydrogens (primary N) is 1. The first-order valence-corrected chi connectivity index (χ1v) is 8.25. The Hall–Kier alpha value is -1.14. The van der Waals surface area contributed by atoms with Gasteiger partial charge < -0.3 is 5.73 Å². The van der Waals surface area contributed by atoms with E-state index in [9.17, 15) is 8.42 Å². The predicted octanol–water partition coefficient (Wildman–Crippen LogP) is 2.84. The molecule has 0 saturated heterocycles. The maximum Gasteiger partial charge on any atom is 0.210 e. The van der Waals surface area contributed by atoms with Crippen molar-refractivity contribution in [3.05, 3.63) is 18.2 Å². The molecule has 2 rings (SSSR count). The van der Waals surface area contributed by atoms with Crippen LogP contribution in [0.4, 0.5) is 5.69 Å². The van der Waals surface area contributed by atoms with E-state index < -0.39 is 9.84 Å². The maximum absolute atomic E-state index is 12.4. The van der Waals surface area contributed by atoms with Crippen molar-refractivity contribution < 1.29 is 8.42 Å². The number of sulfone groups is 1. The average Bonchev–Trinajstić information content (AvgIpc) is 2.73. The van der Waals surface area contributed by atoms with Gasteiger partial charge in [-0.1, -0.05) is 13.8 Å². The van der Waals surface area contributed by atoms with Crippen LogP contribution < -0.4 is 5.73 Å². The van der Waals surface area contributed by atoms with Gasteiger partial charge in [0.25, 0.3) is 0 Å². The number of nitrogens with zero attached hydrogens (tertiary/aromatic N) is 1. The summed E-state index contributed by atoms with van der Waals surface area (Å²) in [6.45, 7) is 3.77. The Morgan fingerprint density at radius 3 is 2.61 bits per heavy atom. The van der Waals surface area contributed by atoms with Crippen molar-refractivity contribution in [2.24, 2.45) is 0 Å². The Bertz CT molecular complexity index is 658. The van der Waals surface area contributed by atoms with Crippen LogP contribution in [-0.2, 0) is 9.84 Å². The number of aromatic nitrogens is 1. The molecule has 0 spiro atoms. The Labute approximate surface area is 111 Å². The highest BCUT2D eigenvalue weighted by Gasteiger charge is 2.27. The minimum atomic E-state index is -3.31. The van der Waals surface area contributed by atoms with E-state index in [1.165, 1.54) is 11.3 Å². The molecule has 4 nitrogen and oxygen atoms in total. The van der Waals surface area contributed by atoms with E-state index in [-0.39, 0.29) is 9.59 Å². The van der Waals surface area contributed by atoms with Crippen LogP contribution in [0.15, 0.2) is 22.5 Å². The molecule has 1 heterocycles. The van der Waals surface area contributed by atoms with Crippen molar-refractivity contribution in [3.63, 3.8) is 0 Å². The standard InChI is InChI=1S/C12H16N2O2S2/c1-3-9(4-2)18(15,16)12-14-10-6-5-8(13)7-11(10)17-12/h5-7,9H,3-4,13H2,1-2H3. The minimum absolute atomic E-state index is 0.205. The minimum Gasteiger partial charge on any atom is -0.399 e. The molecule has 98 valence electrons. The molecule has 0 fully saturated rings. The Morgan fingerprint density at radius 1 is 1.33 bits per heavy atom. The molecule has 0 bridgehead atoms. The highest BCUT2D eigenvalue weighted by Crippen LogP contribution is 2.30. The lowest BCUT2D eigenvalue weighted by Crippen LogP contribution is -2.19. The largest absolute Gasteiger partial charge is 0.399 e. The molecule has 2 aromatic rings. The summed E-state index contributed by atoms with van der Waals surface area (Å²) in [7, 11) is -3.31. The van der Waals surface area contributed by atoms with Crippen LogP contribution in [0.2, 0.25) is 0 Å². The highest BCUT2D eigenvalue weighted by molar-refractivity contribution is 7.94. The molecule has 1 aromatic carbocycles. The van der Waals surface area contributed by atoms with Gasteiger partial charge in [0.2, 0.25) is 14.2 Å². The van der Waals surface area contributed by atoms with E-state index >= 15 is 0 Å². The highest BCUT2D eigenvalue weighted by atomic mass is 32.2. The van der Waals surface area contributed by atoms with Crippen molar-refractivity contribution in [1.29, 1.82) is 0 Å². The van der Waals surface area contributed by atoms with Gasteiger partial charge in [-0.2, -0.15) is 0 Å².